The third-order valence-electron chi connectivity index (χ3n) is 2.21. The molecule has 0 aliphatic carbocycles. The van der Waals surface area contributed by atoms with Gasteiger partial charge < -0.3 is 0 Å². The highest BCUT2D eigenvalue weighted by Crippen LogP contribution is 2.20. The third kappa shape index (κ3) is 0.973. The summed E-state index contributed by atoms with van der Waals surface area (Å²) < 4.78 is 0. The second-order valence-electron chi connectivity index (χ2n) is 3.06. The van der Waals surface area contributed by atoms with Crippen LogP contribution in [-0.4, -0.2) is 9.97 Å². The molecule has 2 heterocycles. The molecule has 0 unspecified atom stereocenters. The molecule has 2 nitrogen and oxygen atoms in total. The van der Waals surface area contributed by atoms with E-state index in [4.69, 9.17) is 0 Å². The Morgan fingerprint density at radius 2 is 2.07 bits per heavy atom. The first-order valence-corrected chi connectivity index (χ1v) is 4.36. The molecule has 2 heteroatoms. The Hall–Kier alpha value is -1.96. The zero-order chi connectivity index (χ0) is 9.38. The molecule has 3 rings (SSSR count). The molecular formula is C12H6N2. The van der Waals surface area contributed by atoms with Crippen LogP contribution in [0.15, 0.2) is 36.7 Å². The molecule has 0 amide bonds. The van der Waals surface area contributed by atoms with Crippen molar-refractivity contribution in [2.45, 2.75) is 0 Å². The lowest BCUT2D eigenvalue weighted by molar-refractivity contribution is 1.37. The van der Waals surface area contributed by atoms with E-state index in [1.54, 1.807) is 12.4 Å². The maximum absolute atomic E-state index is 4.30. The average molecular weight is 178 g/mol. The lowest BCUT2D eigenvalue weighted by Crippen LogP contribution is -1.83. The van der Waals surface area contributed by atoms with E-state index in [2.05, 4.69) is 22.1 Å². The Morgan fingerprint density at radius 1 is 1.07 bits per heavy atom. The van der Waals surface area contributed by atoms with Gasteiger partial charge in [-0.25, -0.2) is 0 Å². The Morgan fingerprint density at radius 3 is 3.07 bits per heavy atom. The normalized spacial score (nSPS) is 10.9. The fourth-order valence-electron chi connectivity index (χ4n) is 1.56. The molecule has 0 fully saturated rings. The summed E-state index contributed by atoms with van der Waals surface area (Å²) in [6.07, 6.45) is 3.40. The van der Waals surface area contributed by atoms with Crippen molar-refractivity contribution < 1.29 is 0 Å². The summed E-state index contributed by atoms with van der Waals surface area (Å²) in [5.74, 6) is 0. The van der Waals surface area contributed by atoms with Gasteiger partial charge in [-0.1, -0.05) is 12.1 Å². The van der Waals surface area contributed by atoms with Crippen LogP contribution in [0.25, 0.3) is 21.8 Å². The standard InChI is InChI=1S/C12H6N2/c1-3-9-5-6-10-4-2-8-14-12(10)11(9)13-7-1/h1,4-8H. The first-order chi connectivity index (χ1) is 6.95. The maximum atomic E-state index is 4.30. The fourth-order valence-corrected chi connectivity index (χ4v) is 1.56. The molecule has 2 radical (unpaired) electrons. The zero-order valence-electron chi connectivity index (χ0n) is 7.36. The van der Waals surface area contributed by atoms with Crippen molar-refractivity contribution in [1.82, 2.24) is 9.97 Å². The van der Waals surface area contributed by atoms with Crippen LogP contribution < -0.4 is 0 Å². The summed E-state index contributed by atoms with van der Waals surface area (Å²) in [7, 11) is 0. The summed E-state index contributed by atoms with van der Waals surface area (Å²) in [6.45, 7) is 0. The number of rotatable bonds is 0. The minimum Gasteiger partial charge on any atom is -0.254 e. The topological polar surface area (TPSA) is 25.8 Å². The van der Waals surface area contributed by atoms with Gasteiger partial charge in [0.1, 0.15) is 0 Å². The maximum Gasteiger partial charge on any atom is 0.0970 e. The summed E-state index contributed by atoms with van der Waals surface area (Å²) in [4.78, 5) is 8.57. The lowest BCUT2D eigenvalue weighted by Gasteiger charge is -1.99. The van der Waals surface area contributed by atoms with E-state index in [-0.39, 0.29) is 0 Å². The number of hydrogen-bond acceptors (Lipinski definition) is 2. The van der Waals surface area contributed by atoms with E-state index >= 15 is 0 Å². The first kappa shape index (κ1) is 7.44. The van der Waals surface area contributed by atoms with Gasteiger partial charge >= 0.3 is 0 Å². The Kier molecular flexibility index (Phi) is 1.47. The highest BCUT2D eigenvalue weighted by atomic mass is 14.7. The molecular weight excluding hydrogens is 172 g/mol. The number of fused-ring (bicyclic) bond motifs is 3. The number of benzene rings is 1. The van der Waals surface area contributed by atoms with Gasteiger partial charge in [0.25, 0.3) is 0 Å². The SMILES string of the molecule is [c]1cnc2c(c1)ccc1[c]ccnc12. The monoisotopic (exact) mass is 178 g/mol. The van der Waals surface area contributed by atoms with E-state index < -0.39 is 0 Å². The summed E-state index contributed by atoms with van der Waals surface area (Å²) in [6, 6.07) is 13.8. The average Bonchev–Trinajstić information content (AvgIpc) is 2.29. The third-order valence-corrected chi connectivity index (χ3v) is 2.21. The fraction of sp³-hybridized carbons (Fsp3) is 0. The Bertz CT molecular complexity index is 547. The molecule has 0 saturated carbocycles. The minimum absolute atomic E-state index is 0.902. The highest BCUT2D eigenvalue weighted by molar-refractivity contribution is 6.02. The van der Waals surface area contributed by atoms with Gasteiger partial charge in [-0.05, 0) is 18.2 Å². The van der Waals surface area contributed by atoms with Crippen LogP contribution in [0.5, 0.6) is 0 Å². The van der Waals surface area contributed by atoms with Crippen LogP contribution in [-0.2, 0) is 0 Å². The molecule has 0 aliphatic heterocycles. The lowest BCUT2D eigenvalue weighted by atomic mass is 10.1. The molecule has 0 spiro atoms. The van der Waals surface area contributed by atoms with Gasteiger partial charge in [0.2, 0.25) is 0 Å². The van der Waals surface area contributed by atoms with Crippen LogP contribution in [0.2, 0.25) is 0 Å². The van der Waals surface area contributed by atoms with Crippen LogP contribution in [0.4, 0.5) is 0 Å². The smallest absolute Gasteiger partial charge is 0.0970 e. The van der Waals surface area contributed by atoms with Crippen LogP contribution in [0, 0.1) is 12.1 Å². The second-order valence-corrected chi connectivity index (χ2v) is 3.06. The molecule has 0 N–H and O–H groups in total. The summed E-state index contributed by atoms with van der Waals surface area (Å²) in [5.41, 5.74) is 1.82. The Labute approximate surface area is 81.2 Å². The number of pyridine rings is 2. The van der Waals surface area contributed by atoms with Gasteiger partial charge in [-0.15, -0.1) is 0 Å². The summed E-state index contributed by atoms with van der Waals surface area (Å²) in [5, 5.41) is 2.06. The molecule has 14 heavy (non-hydrogen) atoms. The molecule has 64 valence electrons. The van der Waals surface area contributed by atoms with Gasteiger partial charge in [0.15, 0.2) is 0 Å². The minimum atomic E-state index is 0.902. The predicted molar refractivity (Wildman–Crippen MR) is 54.7 cm³/mol. The highest BCUT2D eigenvalue weighted by Gasteiger charge is 2.00. The zero-order valence-corrected chi connectivity index (χ0v) is 7.36. The molecule has 0 aliphatic rings. The molecule has 1 aromatic carbocycles. The number of hydrogen-bond donors (Lipinski definition) is 0. The van der Waals surface area contributed by atoms with Crippen molar-refractivity contribution in [2.75, 3.05) is 0 Å². The van der Waals surface area contributed by atoms with E-state index in [0.717, 1.165) is 21.8 Å². The molecule has 0 saturated heterocycles. The van der Waals surface area contributed by atoms with Gasteiger partial charge in [0.05, 0.1) is 11.0 Å². The molecule has 2 aromatic heterocycles. The van der Waals surface area contributed by atoms with Crippen molar-refractivity contribution >= 4 is 21.8 Å². The molecule has 0 bridgehead atoms. The van der Waals surface area contributed by atoms with Crippen LogP contribution >= 0.6 is 0 Å². The molecule has 3 aromatic rings. The van der Waals surface area contributed by atoms with Crippen LogP contribution in [0.1, 0.15) is 0 Å². The van der Waals surface area contributed by atoms with E-state index in [9.17, 15) is 0 Å². The second kappa shape index (κ2) is 2.77. The van der Waals surface area contributed by atoms with Gasteiger partial charge in [-0.2, -0.15) is 0 Å². The number of aromatic nitrogens is 2. The largest absolute Gasteiger partial charge is 0.254 e. The van der Waals surface area contributed by atoms with Gasteiger partial charge in [0, 0.05) is 29.2 Å². The number of nitrogens with zero attached hydrogens (tertiary/aromatic N) is 2. The van der Waals surface area contributed by atoms with Crippen LogP contribution in [0.3, 0.4) is 0 Å². The van der Waals surface area contributed by atoms with E-state index in [1.165, 1.54) is 0 Å². The van der Waals surface area contributed by atoms with Crippen molar-refractivity contribution in [3.05, 3.63) is 48.8 Å². The van der Waals surface area contributed by atoms with Crippen molar-refractivity contribution in [1.29, 1.82) is 0 Å². The molecule has 0 atom stereocenters. The predicted octanol–water partition coefficient (Wildman–Crippen LogP) is 2.38. The van der Waals surface area contributed by atoms with E-state index in [1.807, 2.05) is 24.3 Å². The Balaban J connectivity index is 2.61. The van der Waals surface area contributed by atoms with Gasteiger partial charge in [-0.3, -0.25) is 9.97 Å². The van der Waals surface area contributed by atoms with Crippen molar-refractivity contribution in [3.8, 4) is 0 Å². The van der Waals surface area contributed by atoms with E-state index in [0.29, 0.717) is 0 Å². The quantitative estimate of drug-likeness (QED) is 0.494. The van der Waals surface area contributed by atoms with Crippen molar-refractivity contribution in [3.63, 3.8) is 0 Å². The first-order valence-electron chi connectivity index (χ1n) is 4.36. The summed E-state index contributed by atoms with van der Waals surface area (Å²) >= 11 is 0. The van der Waals surface area contributed by atoms with Crippen molar-refractivity contribution in [2.24, 2.45) is 0 Å².